The van der Waals surface area contributed by atoms with Gasteiger partial charge in [-0.05, 0) is 30.2 Å². The van der Waals surface area contributed by atoms with Crippen LogP contribution in [0, 0.1) is 6.92 Å². The zero-order valence-corrected chi connectivity index (χ0v) is 11.3. The molecule has 2 aromatic carbocycles. The minimum Gasteiger partial charge on any atom is -0.379 e. The monoisotopic (exact) mass is 264 g/mol. The zero-order chi connectivity index (χ0) is 13.8. The van der Waals surface area contributed by atoms with Crippen LogP contribution in [0.2, 0.25) is 0 Å². The molecule has 0 aliphatic rings. The molecule has 3 aromatic rings. The largest absolute Gasteiger partial charge is 0.379 e. The number of nitrogens with one attached hydrogen (secondary N) is 1. The average molecular weight is 264 g/mol. The molecule has 0 fully saturated rings. The standard InChI is InChI=1S/C16H16N4/c1-13-6-2-3-7-14(13)10-18-15-8-4-5-9-16(15)20-12-17-11-19-20/h2-9,11-12,18H,10H2,1H3. The van der Waals surface area contributed by atoms with E-state index in [9.17, 15) is 0 Å². The van der Waals surface area contributed by atoms with Crippen molar-refractivity contribution in [1.29, 1.82) is 0 Å². The average Bonchev–Trinajstić information content (AvgIpc) is 3.01. The van der Waals surface area contributed by atoms with Crippen LogP contribution in [0.5, 0.6) is 0 Å². The van der Waals surface area contributed by atoms with Gasteiger partial charge in [0.15, 0.2) is 0 Å². The topological polar surface area (TPSA) is 42.7 Å². The molecule has 0 saturated carbocycles. The fourth-order valence-corrected chi connectivity index (χ4v) is 2.15. The van der Waals surface area contributed by atoms with Crippen LogP contribution in [0.15, 0.2) is 61.2 Å². The van der Waals surface area contributed by atoms with E-state index in [-0.39, 0.29) is 0 Å². The highest BCUT2D eigenvalue weighted by Crippen LogP contribution is 2.20. The summed E-state index contributed by atoms with van der Waals surface area (Å²) in [6, 6.07) is 16.5. The van der Waals surface area contributed by atoms with Crippen LogP contribution in [-0.2, 0) is 6.54 Å². The number of benzene rings is 2. The van der Waals surface area contributed by atoms with Crippen molar-refractivity contribution in [3.63, 3.8) is 0 Å². The van der Waals surface area contributed by atoms with Gasteiger partial charge in [-0.2, -0.15) is 5.10 Å². The van der Waals surface area contributed by atoms with E-state index in [1.807, 2.05) is 18.2 Å². The Morgan fingerprint density at radius 1 is 1.05 bits per heavy atom. The van der Waals surface area contributed by atoms with E-state index in [0.717, 1.165) is 17.9 Å². The Hall–Kier alpha value is -2.62. The van der Waals surface area contributed by atoms with Gasteiger partial charge in [-0.25, -0.2) is 9.67 Å². The fourth-order valence-electron chi connectivity index (χ4n) is 2.15. The van der Waals surface area contributed by atoms with E-state index in [2.05, 4.69) is 52.7 Å². The number of hydrogen-bond donors (Lipinski definition) is 1. The smallest absolute Gasteiger partial charge is 0.138 e. The Kier molecular flexibility index (Phi) is 3.46. The second kappa shape index (κ2) is 5.57. The van der Waals surface area contributed by atoms with Gasteiger partial charge in [0.1, 0.15) is 12.7 Å². The highest BCUT2D eigenvalue weighted by atomic mass is 15.3. The summed E-state index contributed by atoms with van der Waals surface area (Å²) in [4.78, 5) is 4.00. The predicted molar refractivity (Wildman–Crippen MR) is 79.9 cm³/mol. The molecule has 20 heavy (non-hydrogen) atoms. The number of para-hydroxylation sites is 2. The SMILES string of the molecule is Cc1ccccc1CNc1ccccc1-n1cncn1. The normalized spacial score (nSPS) is 10.4. The first kappa shape index (κ1) is 12.4. The molecule has 0 radical (unpaired) electrons. The fraction of sp³-hybridized carbons (Fsp3) is 0.125. The maximum atomic E-state index is 4.19. The van der Waals surface area contributed by atoms with Crippen molar-refractivity contribution in [2.24, 2.45) is 0 Å². The van der Waals surface area contributed by atoms with E-state index in [4.69, 9.17) is 0 Å². The summed E-state index contributed by atoms with van der Waals surface area (Å²) in [6.45, 7) is 2.92. The first-order valence-corrected chi connectivity index (χ1v) is 6.57. The van der Waals surface area contributed by atoms with Crippen molar-refractivity contribution in [1.82, 2.24) is 14.8 Å². The summed E-state index contributed by atoms with van der Waals surface area (Å²) in [7, 11) is 0. The molecule has 1 heterocycles. The summed E-state index contributed by atoms with van der Waals surface area (Å²) in [5.41, 5.74) is 4.62. The van der Waals surface area contributed by atoms with Crippen LogP contribution < -0.4 is 5.32 Å². The zero-order valence-electron chi connectivity index (χ0n) is 11.3. The lowest BCUT2D eigenvalue weighted by Crippen LogP contribution is -2.05. The Morgan fingerprint density at radius 3 is 2.65 bits per heavy atom. The van der Waals surface area contributed by atoms with Crippen LogP contribution in [0.25, 0.3) is 5.69 Å². The lowest BCUT2D eigenvalue weighted by atomic mass is 10.1. The van der Waals surface area contributed by atoms with Crippen LogP contribution in [-0.4, -0.2) is 14.8 Å². The summed E-state index contributed by atoms with van der Waals surface area (Å²) < 4.78 is 1.76. The van der Waals surface area contributed by atoms with Crippen molar-refractivity contribution in [2.75, 3.05) is 5.32 Å². The molecule has 4 heteroatoms. The maximum absolute atomic E-state index is 4.19. The van der Waals surface area contributed by atoms with Crippen LogP contribution in [0.4, 0.5) is 5.69 Å². The number of anilines is 1. The third-order valence-electron chi connectivity index (χ3n) is 3.30. The third-order valence-corrected chi connectivity index (χ3v) is 3.30. The van der Waals surface area contributed by atoms with Gasteiger partial charge in [0.2, 0.25) is 0 Å². The number of rotatable bonds is 4. The van der Waals surface area contributed by atoms with Crippen molar-refractivity contribution in [3.05, 3.63) is 72.3 Å². The van der Waals surface area contributed by atoms with Gasteiger partial charge in [-0.3, -0.25) is 0 Å². The Bertz CT molecular complexity index is 689. The molecule has 0 spiro atoms. The molecule has 0 aliphatic carbocycles. The quantitative estimate of drug-likeness (QED) is 0.787. The molecule has 100 valence electrons. The molecule has 0 atom stereocenters. The summed E-state index contributed by atoms with van der Waals surface area (Å²) in [6.07, 6.45) is 3.24. The number of aryl methyl sites for hydroxylation is 1. The second-order valence-electron chi connectivity index (χ2n) is 4.64. The molecule has 3 rings (SSSR count). The molecular formula is C16H16N4. The third kappa shape index (κ3) is 2.54. The van der Waals surface area contributed by atoms with Crippen molar-refractivity contribution < 1.29 is 0 Å². The van der Waals surface area contributed by atoms with E-state index in [1.54, 1.807) is 11.0 Å². The Morgan fingerprint density at radius 2 is 1.85 bits per heavy atom. The van der Waals surface area contributed by atoms with E-state index in [1.165, 1.54) is 17.5 Å². The molecule has 0 unspecified atom stereocenters. The van der Waals surface area contributed by atoms with Gasteiger partial charge >= 0.3 is 0 Å². The first-order valence-electron chi connectivity index (χ1n) is 6.57. The number of hydrogen-bond acceptors (Lipinski definition) is 3. The van der Waals surface area contributed by atoms with Crippen molar-refractivity contribution >= 4 is 5.69 Å². The van der Waals surface area contributed by atoms with Crippen LogP contribution >= 0.6 is 0 Å². The van der Waals surface area contributed by atoms with Crippen LogP contribution in [0.1, 0.15) is 11.1 Å². The van der Waals surface area contributed by atoms with Crippen LogP contribution in [0.3, 0.4) is 0 Å². The minimum absolute atomic E-state index is 0.790. The maximum Gasteiger partial charge on any atom is 0.138 e. The lowest BCUT2D eigenvalue weighted by Gasteiger charge is -2.12. The summed E-state index contributed by atoms with van der Waals surface area (Å²) in [5, 5.41) is 7.66. The number of aromatic nitrogens is 3. The molecule has 1 N–H and O–H groups in total. The minimum atomic E-state index is 0.790. The summed E-state index contributed by atoms with van der Waals surface area (Å²) >= 11 is 0. The van der Waals surface area contributed by atoms with E-state index >= 15 is 0 Å². The van der Waals surface area contributed by atoms with Gasteiger partial charge in [0.05, 0.1) is 11.4 Å². The van der Waals surface area contributed by atoms with Crippen molar-refractivity contribution in [2.45, 2.75) is 13.5 Å². The van der Waals surface area contributed by atoms with Gasteiger partial charge in [0.25, 0.3) is 0 Å². The molecule has 4 nitrogen and oxygen atoms in total. The van der Waals surface area contributed by atoms with E-state index in [0.29, 0.717) is 0 Å². The van der Waals surface area contributed by atoms with Gasteiger partial charge in [0, 0.05) is 6.54 Å². The first-order chi connectivity index (χ1) is 9.84. The second-order valence-corrected chi connectivity index (χ2v) is 4.64. The highest BCUT2D eigenvalue weighted by molar-refractivity contribution is 5.60. The molecule has 1 aromatic heterocycles. The summed E-state index contributed by atoms with van der Waals surface area (Å²) in [5.74, 6) is 0. The highest BCUT2D eigenvalue weighted by Gasteiger charge is 2.04. The number of nitrogens with zero attached hydrogens (tertiary/aromatic N) is 3. The molecule has 0 amide bonds. The van der Waals surface area contributed by atoms with E-state index < -0.39 is 0 Å². The van der Waals surface area contributed by atoms with Gasteiger partial charge in [-0.1, -0.05) is 36.4 Å². The molecule has 0 saturated heterocycles. The predicted octanol–water partition coefficient (Wildman–Crippen LogP) is 3.19. The van der Waals surface area contributed by atoms with Crippen molar-refractivity contribution in [3.8, 4) is 5.69 Å². The molecule has 0 bridgehead atoms. The van der Waals surface area contributed by atoms with Gasteiger partial charge in [-0.15, -0.1) is 0 Å². The lowest BCUT2D eigenvalue weighted by molar-refractivity contribution is 0.877. The Labute approximate surface area is 118 Å². The van der Waals surface area contributed by atoms with Gasteiger partial charge < -0.3 is 5.32 Å². The molecule has 0 aliphatic heterocycles. The Balaban J connectivity index is 1.84. The molecular weight excluding hydrogens is 248 g/mol.